The lowest BCUT2D eigenvalue weighted by Gasteiger charge is -2.20. The maximum Gasteiger partial charge on any atom is 0.314 e. The van der Waals surface area contributed by atoms with Crippen LogP contribution in [0.25, 0.3) is 11.4 Å². The van der Waals surface area contributed by atoms with Gasteiger partial charge in [0.1, 0.15) is 11.7 Å². The minimum Gasteiger partial charge on any atom is -0.481 e. The molecule has 1 atom stereocenters. The molecule has 0 saturated carbocycles. The van der Waals surface area contributed by atoms with Gasteiger partial charge in [0, 0.05) is 12.1 Å². The molecule has 0 amide bonds. The molecule has 2 heterocycles. The van der Waals surface area contributed by atoms with E-state index in [1.165, 1.54) is 0 Å². The number of halogens is 1. The SMILES string of the molecule is O=C(O)C1CCCn2c(-c3ccccc3Cl)nnc21. The lowest BCUT2D eigenvalue weighted by Crippen LogP contribution is -2.22. The first-order valence-electron chi connectivity index (χ1n) is 6.09. The quantitative estimate of drug-likeness (QED) is 0.916. The highest BCUT2D eigenvalue weighted by atomic mass is 35.5. The van der Waals surface area contributed by atoms with Crippen LogP contribution >= 0.6 is 11.6 Å². The fraction of sp³-hybridized carbons (Fsp3) is 0.308. The van der Waals surface area contributed by atoms with Crippen LogP contribution < -0.4 is 0 Å². The summed E-state index contributed by atoms with van der Waals surface area (Å²) in [6.07, 6.45) is 1.41. The van der Waals surface area contributed by atoms with Gasteiger partial charge < -0.3 is 9.67 Å². The molecule has 1 aromatic heterocycles. The summed E-state index contributed by atoms with van der Waals surface area (Å²) in [5.74, 6) is -0.253. The van der Waals surface area contributed by atoms with Crippen LogP contribution in [0.2, 0.25) is 5.02 Å². The number of aliphatic carboxylic acids is 1. The minimum atomic E-state index is -0.848. The highest BCUT2D eigenvalue weighted by molar-refractivity contribution is 6.33. The number of carboxylic acids is 1. The highest BCUT2D eigenvalue weighted by Crippen LogP contribution is 2.32. The summed E-state index contributed by atoms with van der Waals surface area (Å²) in [5, 5.41) is 18.0. The van der Waals surface area contributed by atoms with Gasteiger partial charge in [-0.15, -0.1) is 10.2 Å². The maximum absolute atomic E-state index is 11.2. The second-order valence-electron chi connectivity index (χ2n) is 4.55. The summed E-state index contributed by atoms with van der Waals surface area (Å²) < 4.78 is 1.86. The van der Waals surface area contributed by atoms with E-state index in [-0.39, 0.29) is 0 Å². The Bertz CT molecular complexity index is 639. The summed E-state index contributed by atoms with van der Waals surface area (Å²) in [6, 6.07) is 7.37. The van der Waals surface area contributed by atoms with Crippen molar-refractivity contribution in [1.82, 2.24) is 14.8 Å². The number of fused-ring (bicyclic) bond motifs is 1. The van der Waals surface area contributed by atoms with Gasteiger partial charge in [0.05, 0.1) is 5.02 Å². The van der Waals surface area contributed by atoms with Gasteiger partial charge in [-0.2, -0.15) is 0 Å². The number of rotatable bonds is 2. The molecule has 0 saturated heterocycles. The van der Waals surface area contributed by atoms with E-state index in [2.05, 4.69) is 10.2 Å². The first-order valence-corrected chi connectivity index (χ1v) is 6.47. The number of aromatic nitrogens is 3. The second kappa shape index (κ2) is 4.66. The Hall–Kier alpha value is -1.88. The molecular formula is C13H12ClN3O2. The van der Waals surface area contributed by atoms with E-state index in [0.717, 1.165) is 18.5 Å². The van der Waals surface area contributed by atoms with E-state index in [9.17, 15) is 9.90 Å². The van der Waals surface area contributed by atoms with Gasteiger partial charge in [0.2, 0.25) is 0 Å². The third kappa shape index (κ3) is 2.00. The molecule has 98 valence electrons. The lowest BCUT2D eigenvalue weighted by atomic mass is 9.99. The minimum absolute atomic E-state index is 0.522. The zero-order valence-corrected chi connectivity index (χ0v) is 10.8. The van der Waals surface area contributed by atoms with Crippen molar-refractivity contribution in [2.24, 2.45) is 0 Å². The molecule has 0 fully saturated rings. The predicted molar refractivity (Wildman–Crippen MR) is 70.1 cm³/mol. The van der Waals surface area contributed by atoms with Crippen LogP contribution in [0, 0.1) is 0 Å². The molecule has 0 spiro atoms. The van der Waals surface area contributed by atoms with E-state index in [0.29, 0.717) is 23.1 Å². The molecule has 1 unspecified atom stereocenters. The van der Waals surface area contributed by atoms with Crippen molar-refractivity contribution in [2.75, 3.05) is 0 Å². The first-order chi connectivity index (χ1) is 9.18. The topological polar surface area (TPSA) is 68.0 Å². The molecule has 6 heteroatoms. The molecule has 0 radical (unpaired) electrons. The van der Waals surface area contributed by atoms with Crippen LogP contribution in [0.15, 0.2) is 24.3 Å². The standard InChI is InChI=1S/C13H12ClN3O2/c14-10-6-2-1-4-8(10)11-15-16-12-9(13(18)19)5-3-7-17(11)12/h1-2,4,6,9H,3,5,7H2,(H,18,19). The monoisotopic (exact) mass is 277 g/mol. The molecule has 5 nitrogen and oxygen atoms in total. The van der Waals surface area contributed by atoms with E-state index in [1.807, 2.05) is 22.8 Å². The van der Waals surface area contributed by atoms with Crippen LogP contribution in [-0.2, 0) is 11.3 Å². The Morgan fingerprint density at radius 3 is 2.89 bits per heavy atom. The zero-order valence-electron chi connectivity index (χ0n) is 10.1. The predicted octanol–water partition coefficient (Wildman–Crippen LogP) is 2.56. The molecule has 0 aliphatic carbocycles. The average molecular weight is 278 g/mol. The van der Waals surface area contributed by atoms with Gasteiger partial charge in [-0.1, -0.05) is 23.7 Å². The molecule has 2 aromatic rings. The number of hydrogen-bond donors (Lipinski definition) is 1. The normalized spacial score (nSPS) is 18.1. The van der Waals surface area contributed by atoms with Gasteiger partial charge in [-0.05, 0) is 25.0 Å². The Labute approximate surface area is 114 Å². The van der Waals surface area contributed by atoms with Gasteiger partial charge in [-0.25, -0.2) is 0 Å². The summed E-state index contributed by atoms with van der Waals surface area (Å²) in [4.78, 5) is 11.2. The molecule has 0 bridgehead atoms. The summed E-state index contributed by atoms with van der Waals surface area (Å²) in [6.45, 7) is 0.729. The van der Waals surface area contributed by atoms with E-state index < -0.39 is 11.9 Å². The van der Waals surface area contributed by atoms with Crippen molar-refractivity contribution in [3.63, 3.8) is 0 Å². The maximum atomic E-state index is 11.2. The van der Waals surface area contributed by atoms with E-state index in [4.69, 9.17) is 11.6 Å². The smallest absolute Gasteiger partial charge is 0.314 e. The van der Waals surface area contributed by atoms with Crippen LogP contribution in [-0.4, -0.2) is 25.8 Å². The number of nitrogens with zero attached hydrogens (tertiary/aromatic N) is 3. The largest absolute Gasteiger partial charge is 0.481 e. The van der Waals surface area contributed by atoms with E-state index in [1.54, 1.807) is 6.07 Å². The number of benzene rings is 1. The number of carbonyl (C=O) groups is 1. The third-order valence-corrected chi connectivity index (χ3v) is 3.71. The van der Waals surface area contributed by atoms with Crippen molar-refractivity contribution in [1.29, 1.82) is 0 Å². The summed E-state index contributed by atoms with van der Waals surface area (Å²) >= 11 is 6.16. The van der Waals surface area contributed by atoms with Crippen LogP contribution in [0.4, 0.5) is 0 Å². The van der Waals surface area contributed by atoms with Gasteiger partial charge in [-0.3, -0.25) is 4.79 Å². The lowest BCUT2D eigenvalue weighted by molar-refractivity contribution is -0.139. The molecule has 1 N–H and O–H groups in total. The van der Waals surface area contributed by atoms with Crippen LogP contribution in [0.3, 0.4) is 0 Å². The van der Waals surface area contributed by atoms with Crippen molar-refractivity contribution in [3.8, 4) is 11.4 Å². The highest BCUT2D eigenvalue weighted by Gasteiger charge is 2.31. The zero-order chi connectivity index (χ0) is 13.4. The first kappa shape index (κ1) is 12.2. The Kier molecular flexibility index (Phi) is 2.98. The van der Waals surface area contributed by atoms with Crippen LogP contribution in [0.5, 0.6) is 0 Å². The summed E-state index contributed by atoms with van der Waals surface area (Å²) in [7, 11) is 0. The fourth-order valence-corrected chi connectivity index (χ4v) is 2.67. The van der Waals surface area contributed by atoms with Gasteiger partial charge in [0.25, 0.3) is 0 Å². The average Bonchev–Trinajstić information content (AvgIpc) is 2.82. The van der Waals surface area contributed by atoms with Crippen molar-refractivity contribution < 1.29 is 9.90 Å². The fourth-order valence-electron chi connectivity index (χ4n) is 2.45. The van der Waals surface area contributed by atoms with Crippen molar-refractivity contribution in [2.45, 2.75) is 25.3 Å². The molecule has 19 heavy (non-hydrogen) atoms. The van der Waals surface area contributed by atoms with Crippen molar-refractivity contribution in [3.05, 3.63) is 35.1 Å². The molecule has 1 aliphatic heterocycles. The molecule has 1 aromatic carbocycles. The summed E-state index contributed by atoms with van der Waals surface area (Å²) in [5.41, 5.74) is 0.786. The molecule has 3 rings (SSSR count). The van der Waals surface area contributed by atoms with Crippen LogP contribution in [0.1, 0.15) is 24.6 Å². The third-order valence-electron chi connectivity index (χ3n) is 3.38. The van der Waals surface area contributed by atoms with Gasteiger partial charge in [0.15, 0.2) is 5.82 Å². The Balaban J connectivity index is 2.11. The molecule has 1 aliphatic rings. The Morgan fingerprint density at radius 1 is 1.37 bits per heavy atom. The number of hydrogen-bond acceptors (Lipinski definition) is 3. The molecular weight excluding hydrogens is 266 g/mol. The van der Waals surface area contributed by atoms with E-state index >= 15 is 0 Å². The Morgan fingerprint density at radius 2 is 2.16 bits per heavy atom. The number of carboxylic acid groups (broad SMARTS) is 1. The second-order valence-corrected chi connectivity index (χ2v) is 4.95. The van der Waals surface area contributed by atoms with Gasteiger partial charge >= 0.3 is 5.97 Å². The van der Waals surface area contributed by atoms with Crippen molar-refractivity contribution >= 4 is 17.6 Å².